The van der Waals surface area contributed by atoms with Crippen LogP contribution in [0.2, 0.25) is 0 Å². The van der Waals surface area contributed by atoms with E-state index in [9.17, 15) is 0 Å². The summed E-state index contributed by atoms with van der Waals surface area (Å²) in [4.78, 5) is 4.49. The number of nitrogens with two attached hydrogens (primary N) is 1. The van der Waals surface area contributed by atoms with Crippen molar-refractivity contribution >= 4 is 5.95 Å². The largest absolute Gasteiger partial charge is 0.383 e. The lowest BCUT2D eigenvalue weighted by Crippen LogP contribution is -2.29. The zero-order valence-corrected chi connectivity index (χ0v) is 11.4. The number of aromatic nitrogens is 3. The first-order valence-corrected chi connectivity index (χ1v) is 6.43. The van der Waals surface area contributed by atoms with E-state index in [1.54, 1.807) is 7.11 Å². The number of anilines is 1. The van der Waals surface area contributed by atoms with Crippen molar-refractivity contribution in [1.29, 1.82) is 0 Å². The lowest BCUT2D eigenvalue weighted by Gasteiger charge is -2.17. The summed E-state index contributed by atoms with van der Waals surface area (Å²) < 4.78 is 5.14. The van der Waals surface area contributed by atoms with Gasteiger partial charge in [0.15, 0.2) is 0 Å². The van der Waals surface area contributed by atoms with Crippen molar-refractivity contribution in [3.63, 3.8) is 0 Å². The van der Waals surface area contributed by atoms with Crippen molar-refractivity contribution in [2.45, 2.75) is 39.2 Å². The highest BCUT2D eigenvalue weighted by Gasteiger charge is 2.11. The van der Waals surface area contributed by atoms with Crippen LogP contribution in [0.4, 0.5) is 5.95 Å². The Morgan fingerprint density at radius 3 is 2.50 bits per heavy atom. The molecule has 102 valence electrons. The zero-order chi connectivity index (χ0) is 13.4. The van der Waals surface area contributed by atoms with E-state index >= 15 is 0 Å². The molecule has 0 aliphatic rings. The Balaban J connectivity index is 2.76. The number of aryl methyl sites for hydroxylation is 2. The van der Waals surface area contributed by atoms with Crippen molar-refractivity contribution < 1.29 is 4.74 Å². The highest BCUT2D eigenvalue weighted by molar-refractivity contribution is 5.27. The quantitative estimate of drug-likeness (QED) is 0.712. The van der Waals surface area contributed by atoms with Crippen LogP contribution in [0.1, 0.15) is 31.7 Å². The first-order valence-electron chi connectivity index (χ1n) is 6.43. The van der Waals surface area contributed by atoms with Crippen LogP contribution in [0.25, 0.3) is 0 Å². The highest BCUT2D eigenvalue weighted by Crippen LogP contribution is 2.08. The predicted molar refractivity (Wildman–Crippen MR) is 71.5 cm³/mol. The molecule has 0 aliphatic carbocycles. The summed E-state index contributed by atoms with van der Waals surface area (Å²) >= 11 is 0. The van der Waals surface area contributed by atoms with Crippen molar-refractivity contribution in [2.75, 3.05) is 25.6 Å². The normalized spacial score (nSPS) is 12.4. The average Bonchev–Trinajstić information content (AvgIpc) is 2.39. The molecular formula is C12H23N5O. The summed E-state index contributed by atoms with van der Waals surface area (Å²) in [5.74, 6) is 0.555. The number of hydrogen-bond acceptors (Lipinski definition) is 6. The Labute approximate surface area is 108 Å². The van der Waals surface area contributed by atoms with Gasteiger partial charge in [-0.15, -0.1) is 5.10 Å². The molecule has 1 atom stereocenters. The molecule has 18 heavy (non-hydrogen) atoms. The van der Waals surface area contributed by atoms with Crippen LogP contribution < -0.4 is 11.1 Å². The van der Waals surface area contributed by atoms with Gasteiger partial charge in [-0.2, -0.15) is 5.10 Å². The van der Waals surface area contributed by atoms with Gasteiger partial charge in [-0.1, -0.05) is 13.8 Å². The van der Waals surface area contributed by atoms with Gasteiger partial charge in [0, 0.05) is 7.11 Å². The monoisotopic (exact) mass is 253 g/mol. The summed E-state index contributed by atoms with van der Waals surface area (Å²) in [6.07, 6.45) is 2.53. The molecule has 1 aromatic rings. The van der Waals surface area contributed by atoms with Gasteiger partial charge in [-0.25, -0.2) is 4.98 Å². The van der Waals surface area contributed by atoms with E-state index in [1.807, 2.05) is 0 Å². The first-order chi connectivity index (χ1) is 8.74. The van der Waals surface area contributed by atoms with Crippen LogP contribution in [0.5, 0.6) is 0 Å². The molecule has 6 heteroatoms. The molecule has 0 saturated carbocycles. The third kappa shape index (κ3) is 4.19. The number of ether oxygens (including phenoxy) is 1. The number of nitrogens with zero attached hydrogens (tertiary/aromatic N) is 3. The van der Waals surface area contributed by atoms with Crippen molar-refractivity contribution in [3.8, 4) is 0 Å². The second-order valence-electron chi connectivity index (χ2n) is 4.11. The first kappa shape index (κ1) is 14.8. The molecule has 0 fully saturated rings. The molecule has 1 heterocycles. The Kier molecular flexibility index (Phi) is 6.53. The van der Waals surface area contributed by atoms with Gasteiger partial charge in [0.05, 0.1) is 24.0 Å². The average molecular weight is 253 g/mol. The molecule has 0 aliphatic heterocycles. The van der Waals surface area contributed by atoms with Crippen LogP contribution in [0, 0.1) is 0 Å². The van der Waals surface area contributed by atoms with E-state index in [-0.39, 0.29) is 6.04 Å². The molecule has 0 radical (unpaired) electrons. The van der Waals surface area contributed by atoms with Gasteiger partial charge in [-0.05, 0) is 25.8 Å². The summed E-state index contributed by atoms with van der Waals surface area (Å²) in [7, 11) is 1.67. The van der Waals surface area contributed by atoms with Gasteiger partial charge in [0.2, 0.25) is 5.95 Å². The standard InChI is InChI=1S/C12H23N5O/c1-4-10-11(5-2)16-17-12(15-10)14-9(6-7-13)8-18-3/h9H,4-8,13H2,1-3H3,(H,14,15,17). The van der Waals surface area contributed by atoms with E-state index in [2.05, 4.69) is 34.3 Å². The Morgan fingerprint density at radius 2 is 1.94 bits per heavy atom. The maximum Gasteiger partial charge on any atom is 0.243 e. The van der Waals surface area contributed by atoms with Crippen molar-refractivity contribution in [2.24, 2.45) is 5.73 Å². The van der Waals surface area contributed by atoms with Gasteiger partial charge in [0.25, 0.3) is 0 Å². The molecule has 0 spiro atoms. The summed E-state index contributed by atoms with van der Waals surface area (Å²) in [6.45, 7) is 5.30. The zero-order valence-electron chi connectivity index (χ0n) is 11.4. The maximum atomic E-state index is 5.56. The molecule has 6 nitrogen and oxygen atoms in total. The summed E-state index contributed by atoms with van der Waals surface area (Å²) in [6, 6.07) is 0.124. The van der Waals surface area contributed by atoms with Gasteiger partial charge in [0.1, 0.15) is 0 Å². The Bertz CT molecular complexity index is 352. The number of nitrogens with one attached hydrogen (secondary N) is 1. The maximum absolute atomic E-state index is 5.56. The number of methoxy groups -OCH3 is 1. The van der Waals surface area contributed by atoms with Gasteiger partial charge < -0.3 is 15.8 Å². The second kappa shape index (κ2) is 7.94. The van der Waals surface area contributed by atoms with Crippen LogP contribution >= 0.6 is 0 Å². The Hall–Kier alpha value is -1.27. The Morgan fingerprint density at radius 1 is 1.22 bits per heavy atom. The van der Waals surface area contributed by atoms with Crippen molar-refractivity contribution in [3.05, 3.63) is 11.4 Å². The molecule has 0 amide bonds. The van der Waals surface area contributed by atoms with Crippen LogP contribution in [-0.4, -0.2) is 41.5 Å². The SMILES string of the molecule is CCc1nnc(NC(CCN)COC)nc1CC. The fourth-order valence-electron chi connectivity index (χ4n) is 1.78. The number of hydrogen-bond donors (Lipinski definition) is 2. The van der Waals surface area contributed by atoms with E-state index in [1.165, 1.54) is 0 Å². The molecule has 0 aromatic carbocycles. The van der Waals surface area contributed by atoms with Gasteiger partial charge in [-0.3, -0.25) is 0 Å². The lowest BCUT2D eigenvalue weighted by molar-refractivity contribution is 0.183. The molecule has 3 N–H and O–H groups in total. The van der Waals surface area contributed by atoms with E-state index < -0.39 is 0 Å². The van der Waals surface area contributed by atoms with Crippen LogP contribution in [-0.2, 0) is 17.6 Å². The third-order valence-corrected chi connectivity index (χ3v) is 2.73. The molecule has 0 bridgehead atoms. The molecule has 0 saturated heterocycles. The minimum absolute atomic E-state index is 0.124. The summed E-state index contributed by atoms with van der Waals surface area (Å²) in [5.41, 5.74) is 7.53. The molecule has 1 rings (SSSR count). The molecule has 1 aromatic heterocycles. The molecule has 1 unspecified atom stereocenters. The van der Waals surface area contributed by atoms with Crippen LogP contribution in [0.3, 0.4) is 0 Å². The molecular weight excluding hydrogens is 230 g/mol. The van der Waals surface area contributed by atoms with E-state index in [4.69, 9.17) is 10.5 Å². The number of rotatable bonds is 8. The minimum Gasteiger partial charge on any atom is -0.383 e. The van der Waals surface area contributed by atoms with Gasteiger partial charge >= 0.3 is 0 Å². The lowest BCUT2D eigenvalue weighted by atomic mass is 10.2. The second-order valence-corrected chi connectivity index (χ2v) is 4.11. The highest BCUT2D eigenvalue weighted by atomic mass is 16.5. The van der Waals surface area contributed by atoms with Crippen LogP contribution in [0.15, 0.2) is 0 Å². The fraction of sp³-hybridized carbons (Fsp3) is 0.750. The third-order valence-electron chi connectivity index (χ3n) is 2.73. The predicted octanol–water partition coefficient (Wildman–Crippen LogP) is 0.772. The van der Waals surface area contributed by atoms with E-state index in [0.717, 1.165) is 30.7 Å². The fourth-order valence-corrected chi connectivity index (χ4v) is 1.78. The topological polar surface area (TPSA) is 86.0 Å². The smallest absolute Gasteiger partial charge is 0.243 e. The minimum atomic E-state index is 0.124. The van der Waals surface area contributed by atoms with Crippen molar-refractivity contribution in [1.82, 2.24) is 15.2 Å². The van der Waals surface area contributed by atoms with E-state index in [0.29, 0.717) is 19.1 Å². The summed E-state index contributed by atoms with van der Waals surface area (Å²) in [5, 5.41) is 11.5.